The number of carbonyl (C=O) groups excluding carboxylic acids is 2. The van der Waals surface area contributed by atoms with E-state index in [4.69, 9.17) is 14.0 Å². The number of hydrogen-bond donors (Lipinski definition) is 1. The molecule has 0 atom stereocenters. The van der Waals surface area contributed by atoms with E-state index in [1.807, 2.05) is 0 Å². The zero-order valence-electron chi connectivity index (χ0n) is 19.4. The lowest BCUT2D eigenvalue weighted by atomic mass is 10.2. The third-order valence-electron chi connectivity index (χ3n) is 5.73. The smallest absolute Gasteiger partial charge is 0.359 e. The Hall–Kier alpha value is -4.54. The third kappa shape index (κ3) is 4.81. The predicted octanol–water partition coefficient (Wildman–Crippen LogP) is 3.43. The first-order valence-electron chi connectivity index (χ1n) is 11.3. The number of esters is 1. The summed E-state index contributed by atoms with van der Waals surface area (Å²) in [6, 6.07) is 12.9. The first kappa shape index (κ1) is 23.2. The molecule has 10 nitrogen and oxygen atoms in total. The van der Waals surface area contributed by atoms with Crippen LogP contribution in [0.3, 0.4) is 0 Å². The number of aromatic nitrogens is 4. The van der Waals surface area contributed by atoms with Crippen LogP contribution in [-0.2, 0) is 35.4 Å². The van der Waals surface area contributed by atoms with Crippen LogP contribution in [0.1, 0.15) is 39.9 Å². The molecule has 11 heteroatoms. The Morgan fingerprint density at radius 2 is 1.94 bits per heavy atom. The highest BCUT2D eigenvalue weighted by molar-refractivity contribution is 5.93. The van der Waals surface area contributed by atoms with Crippen molar-refractivity contribution in [3.8, 4) is 11.4 Å². The minimum atomic E-state index is -0.623. The standard InChI is InChI=1S/C25H22FN5O5/c1-34-20-8-3-2-6-18(20)27-22(32)13-21-28-23(36-30-21)14-35-25(33)24-17-5-4-7-19(17)31(29-24)16-11-9-15(26)10-12-16/h2-3,6,8-12H,4-5,7,13-14H2,1H3,(H,27,32). The van der Waals surface area contributed by atoms with Gasteiger partial charge in [-0.25, -0.2) is 13.9 Å². The molecule has 1 amide bonds. The van der Waals surface area contributed by atoms with E-state index < -0.39 is 5.97 Å². The number of amides is 1. The van der Waals surface area contributed by atoms with E-state index in [2.05, 4.69) is 20.6 Å². The number of para-hydroxylation sites is 2. The Morgan fingerprint density at radius 1 is 1.14 bits per heavy atom. The van der Waals surface area contributed by atoms with E-state index in [1.165, 1.54) is 19.2 Å². The second-order valence-electron chi connectivity index (χ2n) is 8.12. The number of nitrogens with zero attached hydrogens (tertiary/aromatic N) is 4. The molecule has 0 bridgehead atoms. The van der Waals surface area contributed by atoms with Gasteiger partial charge in [0.1, 0.15) is 11.6 Å². The first-order valence-corrected chi connectivity index (χ1v) is 11.3. The summed E-state index contributed by atoms with van der Waals surface area (Å²) in [7, 11) is 1.51. The minimum Gasteiger partial charge on any atom is -0.495 e. The van der Waals surface area contributed by atoms with Crippen LogP contribution in [0.5, 0.6) is 5.75 Å². The lowest BCUT2D eigenvalue weighted by Crippen LogP contribution is -2.15. The lowest BCUT2D eigenvalue weighted by molar-refractivity contribution is -0.115. The van der Waals surface area contributed by atoms with Crippen LogP contribution in [0, 0.1) is 5.82 Å². The molecule has 0 unspecified atom stereocenters. The highest BCUT2D eigenvalue weighted by Gasteiger charge is 2.28. The molecule has 4 aromatic rings. The third-order valence-corrected chi connectivity index (χ3v) is 5.73. The van der Waals surface area contributed by atoms with Gasteiger partial charge >= 0.3 is 5.97 Å². The monoisotopic (exact) mass is 491 g/mol. The molecule has 2 heterocycles. The van der Waals surface area contributed by atoms with Gasteiger partial charge in [-0.2, -0.15) is 10.1 Å². The molecule has 0 aliphatic heterocycles. The Balaban J connectivity index is 1.22. The molecule has 0 saturated heterocycles. The van der Waals surface area contributed by atoms with E-state index in [1.54, 1.807) is 41.1 Å². The summed E-state index contributed by atoms with van der Waals surface area (Å²) in [5, 5.41) is 10.9. The number of methoxy groups -OCH3 is 1. The average Bonchev–Trinajstić information content (AvgIpc) is 3.61. The van der Waals surface area contributed by atoms with Crippen molar-refractivity contribution in [2.75, 3.05) is 12.4 Å². The van der Waals surface area contributed by atoms with Crippen molar-refractivity contribution in [3.63, 3.8) is 0 Å². The number of ether oxygens (including phenoxy) is 2. The molecule has 0 spiro atoms. The van der Waals surface area contributed by atoms with Crippen molar-refractivity contribution >= 4 is 17.6 Å². The SMILES string of the molecule is COc1ccccc1NC(=O)Cc1noc(COC(=O)c2nn(-c3ccc(F)cc3)c3c2CCC3)n1. The van der Waals surface area contributed by atoms with Crippen molar-refractivity contribution < 1.29 is 28.0 Å². The maximum atomic E-state index is 13.3. The van der Waals surface area contributed by atoms with Crippen molar-refractivity contribution in [1.29, 1.82) is 0 Å². The Labute approximate surface area is 205 Å². The highest BCUT2D eigenvalue weighted by atomic mass is 19.1. The van der Waals surface area contributed by atoms with E-state index in [0.29, 0.717) is 23.5 Å². The van der Waals surface area contributed by atoms with Gasteiger partial charge in [0.15, 0.2) is 18.1 Å². The second-order valence-corrected chi connectivity index (χ2v) is 8.12. The molecule has 2 aromatic heterocycles. The van der Waals surface area contributed by atoms with Crippen LogP contribution in [0.2, 0.25) is 0 Å². The average molecular weight is 491 g/mol. The first-order chi connectivity index (χ1) is 17.5. The summed E-state index contributed by atoms with van der Waals surface area (Å²) < 4.78 is 30.7. The summed E-state index contributed by atoms with van der Waals surface area (Å²) in [5.74, 6) is -0.597. The quantitative estimate of drug-likeness (QED) is 0.372. The number of carbonyl (C=O) groups is 2. The largest absolute Gasteiger partial charge is 0.495 e. The molecular formula is C25H22FN5O5. The molecule has 1 aliphatic rings. The zero-order chi connectivity index (χ0) is 25.1. The van der Waals surface area contributed by atoms with Crippen LogP contribution in [0.4, 0.5) is 10.1 Å². The molecule has 1 N–H and O–H groups in total. The van der Waals surface area contributed by atoms with Gasteiger partial charge in [-0.15, -0.1) is 0 Å². The van der Waals surface area contributed by atoms with Crippen LogP contribution in [-0.4, -0.2) is 38.9 Å². The second kappa shape index (κ2) is 9.98. The number of hydrogen-bond acceptors (Lipinski definition) is 8. The summed E-state index contributed by atoms with van der Waals surface area (Å²) in [5.41, 5.74) is 3.14. The molecular weight excluding hydrogens is 469 g/mol. The summed E-state index contributed by atoms with van der Waals surface area (Å²) in [6.45, 7) is -0.266. The van der Waals surface area contributed by atoms with Crippen molar-refractivity contribution in [2.45, 2.75) is 32.3 Å². The minimum absolute atomic E-state index is 0.0538. The number of halogens is 1. The maximum absolute atomic E-state index is 13.3. The van der Waals surface area contributed by atoms with E-state index in [9.17, 15) is 14.0 Å². The van der Waals surface area contributed by atoms with Crippen LogP contribution in [0.15, 0.2) is 53.1 Å². The number of fused-ring (bicyclic) bond motifs is 1. The molecule has 1 aliphatic carbocycles. The molecule has 0 fully saturated rings. The van der Waals surface area contributed by atoms with E-state index >= 15 is 0 Å². The fourth-order valence-electron chi connectivity index (χ4n) is 4.10. The molecule has 2 aromatic carbocycles. The fraction of sp³-hybridized carbons (Fsp3) is 0.240. The summed E-state index contributed by atoms with van der Waals surface area (Å²) in [6.07, 6.45) is 2.22. The van der Waals surface area contributed by atoms with Crippen molar-refractivity contribution in [1.82, 2.24) is 19.9 Å². The van der Waals surface area contributed by atoms with Crippen LogP contribution >= 0.6 is 0 Å². The van der Waals surface area contributed by atoms with Gasteiger partial charge in [-0.1, -0.05) is 17.3 Å². The Kier molecular flexibility index (Phi) is 6.44. The zero-order valence-corrected chi connectivity index (χ0v) is 19.4. The van der Waals surface area contributed by atoms with Crippen LogP contribution < -0.4 is 10.1 Å². The highest BCUT2D eigenvalue weighted by Crippen LogP contribution is 2.28. The van der Waals surface area contributed by atoms with Gasteiger partial charge < -0.3 is 19.3 Å². The van der Waals surface area contributed by atoms with E-state index in [0.717, 1.165) is 24.1 Å². The Bertz CT molecular complexity index is 1410. The van der Waals surface area contributed by atoms with Crippen molar-refractivity contribution in [3.05, 3.63) is 83.0 Å². The van der Waals surface area contributed by atoms with Gasteiger partial charge in [-0.3, -0.25) is 4.79 Å². The summed E-state index contributed by atoms with van der Waals surface area (Å²) >= 11 is 0. The molecule has 0 radical (unpaired) electrons. The molecule has 184 valence electrons. The number of benzene rings is 2. The maximum Gasteiger partial charge on any atom is 0.359 e. The molecule has 36 heavy (non-hydrogen) atoms. The number of rotatable bonds is 8. The topological polar surface area (TPSA) is 121 Å². The number of nitrogens with one attached hydrogen (secondary N) is 1. The van der Waals surface area contributed by atoms with Crippen molar-refractivity contribution in [2.24, 2.45) is 0 Å². The number of anilines is 1. The molecule has 5 rings (SSSR count). The molecule has 0 saturated carbocycles. The van der Waals surface area contributed by atoms with Gasteiger partial charge in [0.2, 0.25) is 5.91 Å². The van der Waals surface area contributed by atoms with Gasteiger partial charge in [0, 0.05) is 11.3 Å². The van der Waals surface area contributed by atoms with Crippen LogP contribution in [0.25, 0.3) is 5.69 Å². The van der Waals surface area contributed by atoms with Gasteiger partial charge in [0.25, 0.3) is 5.89 Å². The Morgan fingerprint density at radius 3 is 2.75 bits per heavy atom. The fourth-order valence-corrected chi connectivity index (χ4v) is 4.10. The van der Waals surface area contributed by atoms with Gasteiger partial charge in [-0.05, 0) is 55.7 Å². The van der Waals surface area contributed by atoms with E-state index in [-0.39, 0.29) is 42.2 Å². The summed E-state index contributed by atoms with van der Waals surface area (Å²) in [4.78, 5) is 29.3. The normalized spacial score (nSPS) is 12.3. The van der Waals surface area contributed by atoms with Gasteiger partial charge in [0.05, 0.1) is 24.9 Å². The predicted molar refractivity (Wildman–Crippen MR) is 124 cm³/mol. The lowest BCUT2D eigenvalue weighted by Gasteiger charge is -2.08.